The lowest BCUT2D eigenvalue weighted by atomic mass is 9.90. The Bertz CT molecular complexity index is 787. The lowest BCUT2D eigenvalue weighted by Crippen LogP contribution is -2.25. The Morgan fingerprint density at radius 3 is 2.33 bits per heavy atom. The van der Waals surface area contributed by atoms with Gasteiger partial charge in [-0.1, -0.05) is 19.1 Å². The summed E-state index contributed by atoms with van der Waals surface area (Å²) < 4.78 is 14.1. The molecule has 2 aromatic carbocycles. The van der Waals surface area contributed by atoms with E-state index >= 15 is 0 Å². The van der Waals surface area contributed by atoms with Crippen molar-refractivity contribution in [3.63, 3.8) is 0 Å². The number of alkyl halides is 1. The van der Waals surface area contributed by atoms with Gasteiger partial charge in [-0.15, -0.1) is 0 Å². The minimum atomic E-state index is -4.88. The molecule has 2 aromatic rings. The number of phosphoric ester groups is 1. The molecule has 130 valence electrons. The van der Waals surface area contributed by atoms with E-state index in [1.807, 2.05) is 0 Å². The smallest absolute Gasteiger partial charge is 0.508 e. The number of benzene rings is 2. The lowest BCUT2D eigenvalue weighted by Gasteiger charge is -2.31. The highest BCUT2D eigenvalue weighted by Gasteiger charge is 2.37. The van der Waals surface area contributed by atoms with Gasteiger partial charge < -0.3 is 19.8 Å². The van der Waals surface area contributed by atoms with Crippen LogP contribution in [0.2, 0.25) is 0 Å². The minimum Gasteiger partial charge on any atom is -0.508 e. The highest BCUT2D eigenvalue weighted by atomic mass is 127. The van der Waals surface area contributed by atoms with Crippen LogP contribution in [-0.4, -0.2) is 25.1 Å². The molecule has 0 saturated heterocycles. The maximum Gasteiger partial charge on any atom is 0.524 e. The molecular formula is C15H16IO7P. The van der Waals surface area contributed by atoms with Gasteiger partial charge in [-0.3, -0.25) is 9.79 Å². The maximum atomic E-state index is 11.1. The Labute approximate surface area is 151 Å². The van der Waals surface area contributed by atoms with E-state index in [4.69, 9.17) is 9.79 Å². The first-order valence-corrected chi connectivity index (χ1v) is 9.40. The van der Waals surface area contributed by atoms with Crippen molar-refractivity contribution in [2.75, 3.05) is 0 Å². The molecule has 0 bridgehead atoms. The number of aromatic hydroxyl groups is 2. The van der Waals surface area contributed by atoms with Crippen molar-refractivity contribution in [3.05, 3.63) is 53.6 Å². The summed E-state index contributed by atoms with van der Waals surface area (Å²) in [5.41, 5.74) is 0.696. The second-order valence-corrected chi connectivity index (χ2v) is 8.06. The monoisotopic (exact) mass is 466 g/mol. The van der Waals surface area contributed by atoms with E-state index in [1.165, 1.54) is 24.3 Å². The second-order valence-electron chi connectivity index (χ2n) is 5.25. The first kappa shape index (κ1) is 19.0. The first-order valence-electron chi connectivity index (χ1n) is 6.79. The van der Waals surface area contributed by atoms with Crippen LogP contribution in [0, 0.1) is 0 Å². The second kappa shape index (κ2) is 6.89. The van der Waals surface area contributed by atoms with Crippen molar-refractivity contribution in [1.29, 1.82) is 0 Å². The molecule has 7 nitrogen and oxygen atoms in total. The molecule has 9 heteroatoms. The third-order valence-electron chi connectivity index (χ3n) is 3.50. The molecule has 5 N–H and O–H groups in total. The molecule has 0 saturated carbocycles. The molecule has 0 aliphatic heterocycles. The van der Waals surface area contributed by atoms with Crippen LogP contribution in [0.5, 0.6) is 17.2 Å². The standard InChI is InChI=1S/C15H16IO7P/c1-9(10-3-2-4-11(17)7-10)15(16,19)13-6-5-12(18)8-14(13)23-24(20,21)22/h2-9,17-19H,1H3,(H2,20,21,22). The summed E-state index contributed by atoms with van der Waals surface area (Å²) in [6, 6.07) is 9.93. The molecule has 0 amide bonds. The Balaban J connectivity index is 2.50. The van der Waals surface area contributed by atoms with Crippen LogP contribution in [0.15, 0.2) is 42.5 Å². The number of hydrogen-bond donors (Lipinski definition) is 5. The zero-order valence-electron chi connectivity index (χ0n) is 12.5. The predicted molar refractivity (Wildman–Crippen MR) is 95.2 cm³/mol. The van der Waals surface area contributed by atoms with Gasteiger partial charge in [0.15, 0.2) is 3.61 Å². The highest BCUT2D eigenvalue weighted by Crippen LogP contribution is 2.50. The van der Waals surface area contributed by atoms with Crippen LogP contribution < -0.4 is 4.52 Å². The van der Waals surface area contributed by atoms with E-state index in [-0.39, 0.29) is 22.8 Å². The van der Waals surface area contributed by atoms with Crippen LogP contribution >= 0.6 is 30.4 Å². The third kappa shape index (κ3) is 4.40. The molecule has 2 atom stereocenters. The fraction of sp³-hybridized carbons (Fsp3) is 0.200. The minimum absolute atomic E-state index is 0.0314. The summed E-state index contributed by atoms with van der Waals surface area (Å²) in [7, 11) is -4.88. The Hall–Kier alpha value is -1.32. The van der Waals surface area contributed by atoms with Crippen LogP contribution in [0.4, 0.5) is 0 Å². The predicted octanol–water partition coefficient (Wildman–Crippen LogP) is 2.95. The van der Waals surface area contributed by atoms with E-state index in [0.717, 1.165) is 6.07 Å². The third-order valence-corrected chi connectivity index (χ3v) is 5.45. The van der Waals surface area contributed by atoms with Gasteiger partial charge in [0.1, 0.15) is 17.2 Å². The molecule has 24 heavy (non-hydrogen) atoms. The normalized spacial score (nSPS) is 15.5. The molecule has 0 heterocycles. The zero-order valence-corrected chi connectivity index (χ0v) is 15.5. The highest BCUT2D eigenvalue weighted by molar-refractivity contribution is 14.1. The van der Waals surface area contributed by atoms with Crippen molar-refractivity contribution >= 4 is 30.4 Å². The summed E-state index contributed by atoms with van der Waals surface area (Å²) in [6.45, 7) is 1.69. The van der Waals surface area contributed by atoms with Gasteiger partial charge in [-0.25, -0.2) is 4.57 Å². The Morgan fingerprint density at radius 1 is 1.12 bits per heavy atom. The fourth-order valence-electron chi connectivity index (χ4n) is 2.25. The number of phenolic OH excluding ortho intramolecular Hbond substituents is 2. The van der Waals surface area contributed by atoms with Crippen molar-refractivity contribution in [1.82, 2.24) is 0 Å². The molecule has 0 aliphatic rings. The van der Waals surface area contributed by atoms with Gasteiger partial charge in [0, 0.05) is 17.5 Å². The van der Waals surface area contributed by atoms with E-state index in [2.05, 4.69) is 4.52 Å². The number of halogens is 1. The molecule has 0 aromatic heterocycles. The van der Waals surface area contributed by atoms with E-state index < -0.39 is 17.3 Å². The van der Waals surface area contributed by atoms with Gasteiger partial charge in [0.25, 0.3) is 0 Å². The molecule has 0 aliphatic carbocycles. The van der Waals surface area contributed by atoms with Crippen LogP contribution in [0.1, 0.15) is 24.0 Å². The number of aliphatic hydroxyl groups is 1. The average molecular weight is 466 g/mol. The van der Waals surface area contributed by atoms with Crippen molar-refractivity contribution in [2.24, 2.45) is 0 Å². The van der Waals surface area contributed by atoms with Gasteiger partial charge in [0.05, 0.1) is 0 Å². The number of phenols is 2. The largest absolute Gasteiger partial charge is 0.524 e. The Kier molecular flexibility index (Phi) is 5.46. The maximum absolute atomic E-state index is 11.1. The van der Waals surface area contributed by atoms with Gasteiger partial charge in [-0.05, 0) is 52.4 Å². The lowest BCUT2D eigenvalue weighted by molar-refractivity contribution is 0.128. The number of hydrogen-bond acceptors (Lipinski definition) is 5. The molecule has 2 rings (SSSR count). The van der Waals surface area contributed by atoms with Crippen LogP contribution in [-0.2, 0) is 8.17 Å². The molecule has 0 radical (unpaired) electrons. The van der Waals surface area contributed by atoms with E-state index in [1.54, 1.807) is 41.6 Å². The fourth-order valence-corrected chi connectivity index (χ4v) is 3.47. The first-order chi connectivity index (χ1) is 11.0. The van der Waals surface area contributed by atoms with Crippen molar-refractivity contribution in [3.8, 4) is 17.2 Å². The SMILES string of the molecule is CC(c1cccc(O)c1)C(O)(I)c1ccc(O)cc1OP(=O)(O)O. The molecular weight excluding hydrogens is 450 g/mol. The summed E-state index contributed by atoms with van der Waals surface area (Å²) in [5.74, 6) is -1.12. The van der Waals surface area contributed by atoms with Crippen LogP contribution in [0.3, 0.4) is 0 Å². The Morgan fingerprint density at radius 2 is 1.75 bits per heavy atom. The molecule has 0 spiro atoms. The van der Waals surface area contributed by atoms with E-state index in [0.29, 0.717) is 5.56 Å². The zero-order chi connectivity index (χ0) is 18.1. The van der Waals surface area contributed by atoms with Gasteiger partial charge >= 0.3 is 7.82 Å². The topological polar surface area (TPSA) is 127 Å². The van der Waals surface area contributed by atoms with Crippen molar-refractivity contribution in [2.45, 2.75) is 16.4 Å². The summed E-state index contributed by atoms with van der Waals surface area (Å²) in [5, 5.41) is 30.1. The number of rotatable bonds is 5. The quantitative estimate of drug-likeness (QED) is 0.261. The number of phosphoric acid groups is 1. The van der Waals surface area contributed by atoms with Gasteiger partial charge in [0.2, 0.25) is 0 Å². The van der Waals surface area contributed by atoms with Gasteiger partial charge in [-0.2, -0.15) is 0 Å². The summed E-state index contributed by atoms with van der Waals surface area (Å²) in [6.07, 6.45) is 0. The molecule has 2 unspecified atom stereocenters. The average Bonchev–Trinajstić information content (AvgIpc) is 2.44. The van der Waals surface area contributed by atoms with E-state index in [9.17, 15) is 19.9 Å². The summed E-state index contributed by atoms with van der Waals surface area (Å²) in [4.78, 5) is 18.1. The molecule has 0 fully saturated rings. The van der Waals surface area contributed by atoms with Crippen molar-refractivity contribution < 1.29 is 34.2 Å². The van der Waals surface area contributed by atoms with Crippen LogP contribution in [0.25, 0.3) is 0 Å². The summed E-state index contributed by atoms with van der Waals surface area (Å²) >= 11 is 1.73.